The van der Waals surface area contributed by atoms with E-state index in [0.717, 1.165) is 41.4 Å². The first-order valence-electron chi connectivity index (χ1n) is 9.95. The van der Waals surface area contributed by atoms with Gasteiger partial charge in [0.15, 0.2) is 0 Å². The van der Waals surface area contributed by atoms with E-state index in [0.29, 0.717) is 0 Å². The van der Waals surface area contributed by atoms with Crippen LogP contribution in [-0.2, 0) is 0 Å². The van der Waals surface area contributed by atoms with Gasteiger partial charge in [-0.1, -0.05) is 12.1 Å². The fourth-order valence-corrected chi connectivity index (χ4v) is 3.05. The molecule has 0 heterocycles. The van der Waals surface area contributed by atoms with Gasteiger partial charge in [-0.3, -0.25) is 0 Å². The number of azo groups is 2. The fraction of sp³-hybridized carbons (Fsp3) is 0.250. The van der Waals surface area contributed by atoms with E-state index in [2.05, 4.69) is 51.3 Å². The van der Waals surface area contributed by atoms with Gasteiger partial charge in [-0.2, -0.15) is 20.5 Å². The van der Waals surface area contributed by atoms with E-state index in [9.17, 15) is 0 Å². The van der Waals surface area contributed by atoms with Gasteiger partial charge < -0.3 is 4.90 Å². The molecule has 5 heteroatoms. The molecule has 0 saturated heterocycles. The smallest absolute Gasteiger partial charge is 0.0887 e. The van der Waals surface area contributed by atoms with E-state index in [-0.39, 0.29) is 0 Å². The second-order valence-corrected chi connectivity index (χ2v) is 6.90. The van der Waals surface area contributed by atoms with Crippen LogP contribution in [0, 0.1) is 13.8 Å². The zero-order chi connectivity index (χ0) is 20.6. The summed E-state index contributed by atoms with van der Waals surface area (Å²) in [6.07, 6.45) is 0. The number of nitrogens with zero attached hydrogens (tertiary/aromatic N) is 5. The van der Waals surface area contributed by atoms with Gasteiger partial charge in [0.25, 0.3) is 0 Å². The van der Waals surface area contributed by atoms with E-state index in [4.69, 9.17) is 0 Å². The molecule has 0 saturated carbocycles. The molecule has 3 rings (SSSR count). The summed E-state index contributed by atoms with van der Waals surface area (Å²) in [5.74, 6) is 0. The minimum Gasteiger partial charge on any atom is -0.372 e. The summed E-state index contributed by atoms with van der Waals surface area (Å²) in [6, 6.07) is 21.9. The molecule has 3 aromatic rings. The lowest BCUT2D eigenvalue weighted by atomic mass is 10.2. The predicted molar refractivity (Wildman–Crippen MR) is 121 cm³/mol. The fourth-order valence-electron chi connectivity index (χ4n) is 3.05. The summed E-state index contributed by atoms with van der Waals surface area (Å²) < 4.78 is 0. The van der Waals surface area contributed by atoms with Crippen LogP contribution in [0.1, 0.15) is 25.0 Å². The van der Waals surface area contributed by atoms with Crippen molar-refractivity contribution in [3.63, 3.8) is 0 Å². The molecule has 0 radical (unpaired) electrons. The third-order valence-corrected chi connectivity index (χ3v) is 4.71. The summed E-state index contributed by atoms with van der Waals surface area (Å²) in [5.41, 5.74) is 6.68. The lowest BCUT2D eigenvalue weighted by molar-refractivity contribution is 0.866. The van der Waals surface area contributed by atoms with E-state index in [1.54, 1.807) is 0 Å². The Labute approximate surface area is 172 Å². The van der Waals surface area contributed by atoms with Crippen LogP contribution in [0.5, 0.6) is 0 Å². The molecule has 148 valence electrons. The molecule has 0 amide bonds. The van der Waals surface area contributed by atoms with Gasteiger partial charge in [-0.15, -0.1) is 0 Å². The molecule has 0 aliphatic heterocycles. The van der Waals surface area contributed by atoms with Gasteiger partial charge in [0.1, 0.15) is 0 Å². The molecule has 29 heavy (non-hydrogen) atoms. The Balaban J connectivity index is 1.70. The maximum Gasteiger partial charge on any atom is 0.0887 e. The summed E-state index contributed by atoms with van der Waals surface area (Å²) in [5, 5.41) is 17.4. The molecular formula is C24H27N5. The van der Waals surface area contributed by atoms with Gasteiger partial charge in [0.2, 0.25) is 0 Å². The molecule has 0 N–H and O–H groups in total. The van der Waals surface area contributed by atoms with Crippen LogP contribution < -0.4 is 4.90 Å². The SMILES string of the molecule is CCN(CC)c1ccc(N=Nc2ccc(N=Nc3cccc(C)c3)c(C)c2)cc1. The lowest BCUT2D eigenvalue weighted by Gasteiger charge is -2.20. The highest BCUT2D eigenvalue weighted by atomic mass is 15.1. The molecule has 0 fully saturated rings. The number of hydrogen-bond acceptors (Lipinski definition) is 5. The van der Waals surface area contributed by atoms with Crippen LogP contribution in [0.15, 0.2) is 87.2 Å². The predicted octanol–water partition coefficient (Wildman–Crippen LogP) is 7.98. The second kappa shape index (κ2) is 9.73. The molecule has 3 aromatic carbocycles. The van der Waals surface area contributed by atoms with Gasteiger partial charge >= 0.3 is 0 Å². The van der Waals surface area contributed by atoms with Crippen LogP contribution >= 0.6 is 0 Å². The van der Waals surface area contributed by atoms with Gasteiger partial charge in [0, 0.05) is 18.8 Å². The number of benzene rings is 3. The molecule has 0 aliphatic rings. The Kier molecular flexibility index (Phi) is 6.85. The van der Waals surface area contributed by atoms with Crippen molar-refractivity contribution in [3.05, 3.63) is 77.9 Å². The average molecular weight is 386 g/mol. The highest BCUT2D eigenvalue weighted by molar-refractivity contribution is 5.55. The Morgan fingerprint density at radius 2 is 1.28 bits per heavy atom. The van der Waals surface area contributed by atoms with Crippen molar-refractivity contribution in [2.45, 2.75) is 27.7 Å². The molecule has 0 aromatic heterocycles. The van der Waals surface area contributed by atoms with Crippen molar-refractivity contribution >= 4 is 28.4 Å². The zero-order valence-electron chi connectivity index (χ0n) is 17.5. The molecule has 0 aliphatic carbocycles. The molecule has 0 spiro atoms. The first-order chi connectivity index (χ1) is 14.1. The summed E-state index contributed by atoms with van der Waals surface area (Å²) in [4.78, 5) is 2.30. The van der Waals surface area contributed by atoms with Crippen molar-refractivity contribution in [3.8, 4) is 0 Å². The quantitative estimate of drug-likeness (QED) is 0.380. The first kappa shape index (κ1) is 20.4. The van der Waals surface area contributed by atoms with Crippen LogP contribution in [0.2, 0.25) is 0 Å². The number of anilines is 1. The van der Waals surface area contributed by atoms with E-state index >= 15 is 0 Å². The highest BCUT2D eigenvalue weighted by Crippen LogP contribution is 2.28. The first-order valence-corrected chi connectivity index (χ1v) is 9.95. The number of aryl methyl sites for hydroxylation is 2. The van der Waals surface area contributed by atoms with E-state index in [1.165, 1.54) is 11.3 Å². The average Bonchev–Trinajstić information content (AvgIpc) is 2.73. The van der Waals surface area contributed by atoms with Gasteiger partial charge in [0.05, 0.1) is 22.7 Å². The van der Waals surface area contributed by atoms with Crippen molar-refractivity contribution in [1.82, 2.24) is 0 Å². The van der Waals surface area contributed by atoms with E-state index in [1.807, 2.05) is 68.4 Å². The maximum absolute atomic E-state index is 4.37. The summed E-state index contributed by atoms with van der Waals surface area (Å²) >= 11 is 0. The Bertz CT molecular complexity index is 1000. The molecule has 0 bridgehead atoms. The molecule has 0 atom stereocenters. The Morgan fingerprint density at radius 1 is 0.655 bits per heavy atom. The molecule has 0 unspecified atom stereocenters. The van der Waals surface area contributed by atoms with Gasteiger partial charge in [-0.25, -0.2) is 0 Å². The Hall–Kier alpha value is -3.34. The van der Waals surface area contributed by atoms with Crippen molar-refractivity contribution in [1.29, 1.82) is 0 Å². The number of hydrogen-bond donors (Lipinski definition) is 0. The zero-order valence-corrected chi connectivity index (χ0v) is 17.5. The lowest BCUT2D eigenvalue weighted by Crippen LogP contribution is -2.21. The van der Waals surface area contributed by atoms with Crippen LogP contribution in [0.25, 0.3) is 0 Å². The summed E-state index contributed by atoms with van der Waals surface area (Å²) in [7, 11) is 0. The summed E-state index contributed by atoms with van der Waals surface area (Å²) in [6.45, 7) is 10.3. The van der Waals surface area contributed by atoms with Gasteiger partial charge in [-0.05, 0) is 93.4 Å². The van der Waals surface area contributed by atoms with Crippen LogP contribution in [0.3, 0.4) is 0 Å². The maximum atomic E-state index is 4.37. The second-order valence-electron chi connectivity index (χ2n) is 6.90. The van der Waals surface area contributed by atoms with E-state index < -0.39 is 0 Å². The minimum absolute atomic E-state index is 0.796. The van der Waals surface area contributed by atoms with Crippen LogP contribution in [-0.4, -0.2) is 13.1 Å². The topological polar surface area (TPSA) is 52.7 Å². The minimum atomic E-state index is 0.796. The van der Waals surface area contributed by atoms with Crippen molar-refractivity contribution < 1.29 is 0 Å². The number of rotatable bonds is 7. The Morgan fingerprint density at radius 3 is 1.93 bits per heavy atom. The molecular weight excluding hydrogens is 358 g/mol. The van der Waals surface area contributed by atoms with Crippen molar-refractivity contribution in [2.24, 2.45) is 20.5 Å². The van der Waals surface area contributed by atoms with Crippen molar-refractivity contribution in [2.75, 3.05) is 18.0 Å². The largest absolute Gasteiger partial charge is 0.372 e. The van der Waals surface area contributed by atoms with Crippen LogP contribution in [0.4, 0.5) is 28.4 Å². The third-order valence-electron chi connectivity index (χ3n) is 4.71. The molecule has 5 nitrogen and oxygen atoms in total. The monoisotopic (exact) mass is 385 g/mol. The standard InChI is InChI=1S/C24H27N5/c1-5-29(6-2)23-13-10-20(11-14-23)25-26-22-12-15-24(19(4)17-22)28-27-21-9-7-8-18(3)16-21/h7-17H,5-6H2,1-4H3. The highest BCUT2D eigenvalue weighted by Gasteiger charge is 2.02. The third kappa shape index (κ3) is 5.57. The normalized spacial score (nSPS) is 11.4.